The first-order valence-corrected chi connectivity index (χ1v) is 8.97. The second-order valence-corrected chi connectivity index (χ2v) is 6.31. The van der Waals surface area contributed by atoms with E-state index in [0.717, 1.165) is 12.3 Å². The maximum Gasteiger partial charge on any atom is 0.115 e. The van der Waals surface area contributed by atoms with E-state index in [9.17, 15) is 0 Å². The van der Waals surface area contributed by atoms with Crippen molar-refractivity contribution in [1.29, 1.82) is 0 Å². The first kappa shape index (κ1) is 19.3. The monoisotopic (exact) mass is 312 g/mol. The molecule has 2 rings (SSSR count). The van der Waals surface area contributed by atoms with E-state index in [4.69, 9.17) is 5.11 Å². The fourth-order valence-electron chi connectivity index (χ4n) is 2.31. The lowest BCUT2D eigenvalue weighted by Crippen LogP contribution is -1.94. The molecule has 0 aromatic heterocycles. The number of hydrogen-bond acceptors (Lipinski definition) is 1. The summed E-state index contributed by atoms with van der Waals surface area (Å²) in [7, 11) is 0. The van der Waals surface area contributed by atoms with E-state index in [0.29, 0.717) is 5.75 Å². The molecule has 0 spiro atoms. The van der Waals surface area contributed by atoms with Gasteiger partial charge in [-0.15, -0.1) is 0 Å². The lowest BCUT2D eigenvalue weighted by Gasteiger charge is -2.07. The molecule has 2 aromatic carbocycles. The molecule has 0 aliphatic carbocycles. The lowest BCUT2D eigenvalue weighted by atomic mass is 9.99. The zero-order valence-corrected chi connectivity index (χ0v) is 15.0. The Morgan fingerprint density at radius 2 is 1.43 bits per heavy atom. The smallest absolute Gasteiger partial charge is 0.115 e. The van der Waals surface area contributed by atoms with Crippen LogP contribution in [-0.2, 0) is 12.8 Å². The molecule has 23 heavy (non-hydrogen) atoms. The minimum atomic E-state index is 0.354. The number of benzene rings is 2. The van der Waals surface area contributed by atoms with E-state index < -0.39 is 0 Å². The summed E-state index contributed by atoms with van der Waals surface area (Å²) in [6.45, 7) is 6.73. The van der Waals surface area contributed by atoms with Crippen molar-refractivity contribution in [2.45, 2.75) is 59.3 Å². The summed E-state index contributed by atoms with van der Waals surface area (Å²) >= 11 is 0. The van der Waals surface area contributed by atoms with Crippen molar-refractivity contribution >= 4 is 0 Å². The van der Waals surface area contributed by atoms with Crippen molar-refractivity contribution < 1.29 is 5.11 Å². The largest absolute Gasteiger partial charge is 0.508 e. The van der Waals surface area contributed by atoms with Crippen LogP contribution in [0.2, 0.25) is 0 Å². The molecule has 0 amide bonds. The third-order valence-corrected chi connectivity index (χ3v) is 4.22. The predicted molar refractivity (Wildman–Crippen MR) is 101 cm³/mol. The molecule has 0 saturated heterocycles. The van der Waals surface area contributed by atoms with Crippen LogP contribution in [0.15, 0.2) is 54.6 Å². The molecule has 1 N–H and O–H groups in total. The second-order valence-electron chi connectivity index (χ2n) is 6.31. The van der Waals surface area contributed by atoms with Crippen LogP contribution in [0.3, 0.4) is 0 Å². The van der Waals surface area contributed by atoms with E-state index in [1.807, 2.05) is 12.1 Å². The van der Waals surface area contributed by atoms with Gasteiger partial charge in [0.2, 0.25) is 0 Å². The van der Waals surface area contributed by atoms with Crippen molar-refractivity contribution in [3.8, 4) is 5.75 Å². The first-order valence-electron chi connectivity index (χ1n) is 8.97. The van der Waals surface area contributed by atoms with Gasteiger partial charge in [0.05, 0.1) is 0 Å². The van der Waals surface area contributed by atoms with Gasteiger partial charge < -0.3 is 5.11 Å². The van der Waals surface area contributed by atoms with Gasteiger partial charge in [0.15, 0.2) is 0 Å². The van der Waals surface area contributed by atoms with Crippen LogP contribution in [0.25, 0.3) is 0 Å². The molecule has 0 fully saturated rings. The lowest BCUT2D eigenvalue weighted by molar-refractivity contribution is 0.474. The minimum Gasteiger partial charge on any atom is -0.508 e. The molecule has 0 aliphatic rings. The van der Waals surface area contributed by atoms with Gasteiger partial charge in [-0.2, -0.15) is 0 Å². The van der Waals surface area contributed by atoms with E-state index in [2.05, 4.69) is 51.1 Å². The SMILES string of the molecule is CCC(C)CCc1ccc(O)cc1.CCCCc1ccccc1. The summed E-state index contributed by atoms with van der Waals surface area (Å²) in [5.74, 6) is 1.15. The Balaban J connectivity index is 0.000000238. The molecule has 0 heterocycles. The number of unbranched alkanes of at least 4 members (excludes halogenated alkanes) is 1. The number of aromatic hydroxyl groups is 1. The topological polar surface area (TPSA) is 20.2 Å². The van der Waals surface area contributed by atoms with Gasteiger partial charge in [-0.3, -0.25) is 0 Å². The first-order chi connectivity index (χ1) is 11.2. The highest BCUT2D eigenvalue weighted by Gasteiger charge is 1.99. The predicted octanol–water partition coefficient (Wildman–Crippen LogP) is 6.40. The summed E-state index contributed by atoms with van der Waals surface area (Å²) < 4.78 is 0. The fraction of sp³-hybridized carbons (Fsp3) is 0.455. The van der Waals surface area contributed by atoms with E-state index >= 15 is 0 Å². The van der Waals surface area contributed by atoms with Crippen LogP contribution in [0, 0.1) is 5.92 Å². The van der Waals surface area contributed by atoms with Crippen molar-refractivity contribution in [3.63, 3.8) is 0 Å². The normalized spacial score (nSPS) is 11.4. The average Bonchev–Trinajstić information content (AvgIpc) is 2.60. The van der Waals surface area contributed by atoms with Gasteiger partial charge in [0.25, 0.3) is 0 Å². The number of phenols is 1. The zero-order chi connectivity index (χ0) is 16.9. The highest BCUT2D eigenvalue weighted by Crippen LogP contribution is 2.15. The Bertz CT molecular complexity index is 501. The maximum absolute atomic E-state index is 9.08. The molecular weight excluding hydrogens is 280 g/mol. The number of rotatable bonds is 7. The Morgan fingerprint density at radius 3 is 2.00 bits per heavy atom. The molecule has 1 nitrogen and oxygen atoms in total. The average molecular weight is 312 g/mol. The van der Waals surface area contributed by atoms with E-state index in [1.165, 1.54) is 43.2 Å². The summed E-state index contributed by atoms with van der Waals surface area (Å²) in [5.41, 5.74) is 2.78. The molecular formula is C22H32O. The molecule has 1 heteroatoms. The molecule has 0 bridgehead atoms. The van der Waals surface area contributed by atoms with Crippen LogP contribution in [0.4, 0.5) is 0 Å². The quantitative estimate of drug-likeness (QED) is 0.627. The molecule has 0 saturated carbocycles. The van der Waals surface area contributed by atoms with Crippen molar-refractivity contribution in [2.24, 2.45) is 5.92 Å². The minimum absolute atomic E-state index is 0.354. The number of aryl methyl sites for hydroxylation is 2. The fourth-order valence-corrected chi connectivity index (χ4v) is 2.31. The summed E-state index contributed by atoms with van der Waals surface area (Å²) in [4.78, 5) is 0. The molecule has 2 aromatic rings. The van der Waals surface area contributed by atoms with Gasteiger partial charge in [-0.05, 0) is 54.9 Å². The van der Waals surface area contributed by atoms with Gasteiger partial charge in [0.1, 0.15) is 5.75 Å². The number of phenolic OH excluding ortho intramolecular Hbond substituents is 1. The maximum atomic E-state index is 9.08. The van der Waals surface area contributed by atoms with Gasteiger partial charge in [0, 0.05) is 0 Å². The Labute approximate surface area is 142 Å². The van der Waals surface area contributed by atoms with Crippen LogP contribution in [-0.4, -0.2) is 5.11 Å². The molecule has 0 aliphatic heterocycles. The van der Waals surface area contributed by atoms with Crippen LogP contribution in [0.5, 0.6) is 5.75 Å². The molecule has 0 radical (unpaired) electrons. The van der Waals surface area contributed by atoms with E-state index in [1.54, 1.807) is 12.1 Å². The standard InChI is InChI=1S/C12H18O.C10H14/c1-3-10(2)4-5-11-6-8-12(13)9-7-11;1-2-3-7-10-8-5-4-6-9-10/h6-10,13H,3-5H2,1-2H3;4-6,8-9H,2-3,7H2,1H3. The second kappa shape index (κ2) is 11.8. The highest BCUT2D eigenvalue weighted by molar-refractivity contribution is 5.25. The van der Waals surface area contributed by atoms with Gasteiger partial charge in [-0.1, -0.05) is 76.1 Å². The van der Waals surface area contributed by atoms with E-state index in [-0.39, 0.29) is 0 Å². The summed E-state index contributed by atoms with van der Waals surface area (Å²) in [6.07, 6.45) is 7.44. The third kappa shape index (κ3) is 9.07. The van der Waals surface area contributed by atoms with Crippen LogP contribution < -0.4 is 0 Å². The van der Waals surface area contributed by atoms with Crippen molar-refractivity contribution in [2.75, 3.05) is 0 Å². The van der Waals surface area contributed by atoms with Crippen molar-refractivity contribution in [1.82, 2.24) is 0 Å². The van der Waals surface area contributed by atoms with Crippen molar-refractivity contribution in [3.05, 3.63) is 65.7 Å². The van der Waals surface area contributed by atoms with Gasteiger partial charge in [-0.25, -0.2) is 0 Å². The molecule has 1 atom stereocenters. The Morgan fingerprint density at radius 1 is 0.826 bits per heavy atom. The van der Waals surface area contributed by atoms with Crippen LogP contribution in [0.1, 0.15) is 57.6 Å². The van der Waals surface area contributed by atoms with Crippen LogP contribution >= 0.6 is 0 Å². The number of hydrogen-bond donors (Lipinski definition) is 1. The Kier molecular flexibility index (Phi) is 9.86. The zero-order valence-electron chi connectivity index (χ0n) is 15.0. The van der Waals surface area contributed by atoms with Gasteiger partial charge >= 0.3 is 0 Å². The summed E-state index contributed by atoms with van der Waals surface area (Å²) in [6, 6.07) is 18.2. The third-order valence-electron chi connectivity index (χ3n) is 4.22. The molecule has 1 unspecified atom stereocenters. The summed E-state index contributed by atoms with van der Waals surface area (Å²) in [5, 5.41) is 9.08. The highest BCUT2D eigenvalue weighted by atomic mass is 16.3. The Hall–Kier alpha value is -1.76. The molecule has 126 valence electrons.